The summed E-state index contributed by atoms with van der Waals surface area (Å²) in [6, 6.07) is 7.68. The number of rotatable bonds is 8. The summed E-state index contributed by atoms with van der Waals surface area (Å²) in [5.74, 6) is 0.727. The molecule has 8 nitrogen and oxygen atoms in total. The molecule has 0 aliphatic carbocycles. The number of halogens is 2. The minimum absolute atomic E-state index is 0.0432. The van der Waals surface area contributed by atoms with Crippen LogP contribution in [-0.4, -0.2) is 37.4 Å². The van der Waals surface area contributed by atoms with Crippen molar-refractivity contribution in [3.8, 4) is 17.2 Å². The maximum atomic E-state index is 12.6. The molecule has 2 aromatic carbocycles. The number of nitro benzene ring substituents is 1. The van der Waals surface area contributed by atoms with Crippen LogP contribution in [0.5, 0.6) is 17.2 Å². The molecule has 0 spiro atoms. The Bertz CT molecular complexity index is 893. The van der Waals surface area contributed by atoms with E-state index < -0.39 is 11.5 Å². The van der Waals surface area contributed by atoms with Crippen LogP contribution in [0.25, 0.3) is 0 Å². The fraction of sp³-hybridized carbons (Fsp3) is 0.368. The van der Waals surface area contributed by atoms with Crippen LogP contribution < -0.4 is 14.2 Å². The van der Waals surface area contributed by atoms with Gasteiger partial charge >= 0.3 is 6.61 Å². The Balaban J connectivity index is 1.80. The number of alkyl halides is 2. The summed E-state index contributed by atoms with van der Waals surface area (Å²) >= 11 is 0. The number of non-ortho nitro benzene ring substituents is 1. The molecule has 0 atom stereocenters. The van der Waals surface area contributed by atoms with Crippen LogP contribution in [0.3, 0.4) is 0 Å². The zero-order valence-corrected chi connectivity index (χ0v) is 15.9. The second-order valence-corrected chi connectivity index (χ2v) is 6.50. The molecule has 2 aromatic rings. The van der Waals surface area contributed by atoms with Gasteiger partial charge in [-0.05, 0) is 24.7 Å². The molecule has 1 aliphatic heterocycles. The molecule has 0 saturated heterocycles. The normalized spacial score (nSPS) is 13.2. The van der Waals surface area contributed by atoms with Gasteiger partial charge in [0.1, 0.15) is 5.75 Å². The van der Waals surface area contributed by atoms with Gasteiger partial charge in [0.05, 0.1) is 18.6 Å². The van der Waals surface area contributed by atoms with Gasteiger partial charge in [-0.3, -0.25) is 15.0 Å². The third-order valence-electron chi connectivity index (χ3n) is 4.32. The number of nitrogens with zero attached hydrogens (tertiary/aromatic N) is 2. The van der Waals surface area contributed by atoms with Gasteiger partial charge in [-0.15, -0.1) is 0 Å². The molecular formula is C19H20F2N2O6. The van der Waals surface area contributed by atoms with Crippen molar-refractivity contribution in [2.45, 2.75) is 26.3 Å². The zero-order chi connectivity index (χ0) is 21.0. The van der Waals surface area contributed by atoms with Crippen LogP contribution >= 0.6 is 0 Å². The van der Waals surface area contributed by atoms with E-state index in [1.165, 1.54) is 25.3 Å². The third kappa shape index (κ3) is 5.09. The molecule has 0 bridgehead atoms. The van der Waals surface area contributed by atoms with Crippen molar-refractivity contribution >= 4 is 5.69 Å². The monoisotopic (exact) mass is 410 g/mol. The lowest BCUT2D eigenvalue weighted by molar-refractivity contribution is -0.385. The number of hydrogen-bond donors (Lipinski definition) is 0. The van der Waals surface area contributed by atoms with Crippen molar-refractivity contribution < 1.29 is 32.7 Å². The summed E-state index contributed by atoms with van der Waals surface area (Å²) < 4.78 is 45.5. The number of hydrogen-bond acceptors (Lipinski definition) is 7. The van der Waals surface area contributed by atoms with E-state index in [9.17, 15) is 18.9 Å². The van der Waals surface area contributed by atoms with E-state index in [0.717, 1.165) is 0 Å². The summed E-state index contributed by atoms with van der Waals surface area (Å²) in [5, 5.41) is 11.2. The number of methoxy groups -OCH3 is 1. The van der Waals surface area contributed by atoms with E-state index in [1.807, 2.05) is 11.9 Å². The minimum Gasteiger partial charge on any atom is -0.493 e. The van der Waals surface area contributed by atoms with E-state index in [0.29, 0.717) is 35.5 Å². The Morgan fingerprint density at radius 2 is 2.03 bits per heavy atom. The number of benzene rings is 2. The molecule has 156 valence electrons. The summed E-state index contributed by atoms with van der Waals surface area (Å²) in [6.07, 6.45) is 0. The van der Waals surface area contributed by atoms with Crippen molar-refractivity contribution in [1.29, 1.82) is 0 Å². The van der Waals surface area contributed by atoms with Crippen molar-refractivity contribution in [1.82, 2.24) is 4.90 Å². The lowest BCUT2D eigenvalue weighted by Crippen LogP contribution is -2.20. The molecule has 0 unspecified atom stereocenters. The van der Waals surface area contributed by atoms with Crippen LogP contribution in [0.2, 0.25) is 0 Å². The van der Waals surface area contributed by atoms with E-state index in [-0.39, 0.29) is 30.6 Å². The van der Waals surface area contributed by atoms with E-state index in [4.69, 9.17) is 14.2 Å². The van der Waals surface area contributed by atoms with E-state index >= 15 is 0 Å². The zero-order valence-electron chi connectivity index (χ0n) is 15.9. The van der Waals surface area contributed by atoms with Crippen LogP contribution in [0.4, 0.5) is 14.5 Å². The lowest BCUT2D eigenvalue weighted by Gasteiger charge is -2.23. The highest BCUT2D eigenvalue weighted by Gasteiger charge is 2.22. The second-order valence-electron chi connectivity index (χ2n) is 6.50. The van der Waals surface area contributed by atoms with Crippen LogP contribution in [0, 0.1) is 10.1 Å². The van der Waals surface area contributed by atoms with Crippen molar-refractivity contribution in [3.63, 3.8) is 0 Å². The highest BCUT2D eigenvalue weighted by molar-refractivity contribution is 5.50. The van der Waals surface area contributed by atoms with Crippen LogP contribution in [0.1, 0.15) is 16.7 Å². The number of ether oxygens (including phenoxy) is 4. The number of fused-ring (bicyclic) bond motifs is 1. The Morgan fingerprint density at radius 3 is 2.72 bits per heavy atom. The summed E-state index contributed by atoms with van der Waals surface area (Å²) in [7, 11) is 3.18. The third-order valence-corrected chi connectivity index (χ3v) is 4.32. The largest absolute Gasteiger partial charge is 0.493 e. The van der Waals surface area contributed by atoms with E-state index in [1.54, 1.807) is 12.1 Å². The van der Waals surface area contributed by atoms with Gasteiger partial charge in [0.15, 0.2) is 18.3 Å². The van der Waals surface area contributed by atoms with Gasteiger partial charge in [0.2, 0.25) is 0 Å². The molecule has 0 saturated carbocycles. The summed E-state index contributed by atoms with van der Waals surface area (Å²) in [5.41, 5.74) is 1.94. The fourth-order valence-corrected chi connectivity index (χ4v) is 3.17. The smallest absolute Gasteiger partial charge is 0.387 e. The Morgan fingerprint density at radius 1 is 1.24 bits per heavy atom. The van der Waals surface area contributed by atoms with Crippen molar-refractivity contribution in [2.24, 2.45) is 0 Å². The maximum absolute atomic E-state index is 12.6. The molecule has 10 heteroatoms. The van der Waals surface area contributed by atoms with Crippen molar-refractivity contribution in [2.75, 3.05) is 21.0 Å². The van der Waals surface area contributed by atoms with Gasteiger partial charge in [-0.2, -0.15) is 8.78 Å². The van der Waals surface area contributed by atoms with E-state index in [2.05, 4.69) is 4.74 Å². The standard InChI is InChI=1S/C19H20F2N2O6/c1-22(8-12-3-4-16(26-2)17(5-12)29-19(20)21)9-13-6-15(23(24)25)7-14-10-27-11-28-18(13)14/h3-7,19H,8-11H2,1-2H3. The van der Waals surface area contributed by atoms with Gasteiger partial charge < -0.3 is 18.9 Å². The molecule has 0 N–H and O–H groups in total. The SMILES string of the molecule is COc1ccc(CN(C)Cc2cc([N+](=O)[O-])cc3c2OCOC3)cc1OC(F)F. The summed E-state index contributed by atoms with van der Waals surface area (Å²) in [6.45, 7) is -1.92. The quantitative estimate of drug-likeness (QED) is 0.485. The minimum atomic E-state index is -2.97. The second kappa shape index (κ2) is 9.01. The molecule has 0 amide bonds. The molecule has 1 heterocycles. The first kappa shape index (κ1) is 20.7. The lowest BCUT2D eigenvalue weighted by atomic mass is 10.1. The first-order chi connectivity index (χ1) is 13.9. The van der Waals surface area contributed by atoms with Gasteiger partial charge in [0, 0.05) is 36.3 Å². The molecule has 1 aliphatic rings. The molecular weight excluding hydrogens is 390 g/mol. The molecule has 0 aromatic heterocycles. The predicted molar refractivity (Wildman–Crippen MR) is 98.2 cm³/mol. The van der Waals surface area contributed by atoms with Gasteiger partial charge in [0.25, 0.3) is 5.69 Å². The molecule has 3 rings (SSSR count). The first-order valence-electron chi connectivity index (χ1n) is 8.68. The maximum Gasteiger partial charge on any atom is 0.387 e. The first-order valence-corrected chi connectivity index (χ1v) is 8.68. The van der Waals surface area contributed by atoms with Gasteiger partial charge in [-0.1, -0.05) is 6.07 Å². The topological polar surface area (TPSA) is 83.3 Å². The Labute approximate surface area is 165 Å². The summed E-state index contributed by atoms with van der Waals surface area (Å²) in [4.78, 5) is 12.6. The predicted octanol–water partition coefficient (Wildman–Crippen LogP) is 3.70. The highest BCUT2D eigenvalue weighted by Crippen LogP contribution is 2.34. The Kier molecular flexibility index (Phi) is 6.45. The molecule has 0 radical (unpaired) electrons. The average Bonchev–Trinajstić information content (AvgIpc) is 2.67. The molecule has 29 heavy (non-hydrogen) atoms. The number of nitro groups is 1. The Hall–Kier alpha value is -2.98. The van der Waals surface area contributed by atoms with Crippen LogP contribution in [-0.2, 0) is 24.4 Å². The highest BCUT2D eigenvalue weighted by atomic mass is 19.3. The molecule has 0 fully saturated rings. The van der Waals surface area contributed by atoms with Crippen LogP contribution in [0.15, 0.2) is 30.3 Å². The fourth-order valence-electron chi connectivity index (χ4n) is 3.17. The van der Waals surface area contributed by atoms with Gasteiger partial charge in [-0.25, -0.2) is 0 Å². The van der Waals surface area contributed by atoms with Crippen molar-refractivity contribution in [3.05, 3.63) is 57.1 Å². The average molecular weight is 410 g/mol.